The highest BCUT2D eigenvalue weighted by Crippen LogP contribution is 2.12. The van der Waals surface area contributed by atoms with E-state index >= 15 is 0 Å². The van der Waals surface area contributed by atoms with Crippen LogP contribution in [0.5, 0.6) is 0 Å². The molecule has 0 unspecified atom stereocenters. The van der Waals surface area contributed by atoms with Gasteiger partial charge in [-0.2, -0.15) is 5.10 Å². The summed E-state index contributed by atoms with van der Waals surface area (Å²) in [5.74, 6) is -0.00990. The summed E-state index contributed by atoms with van der Waals surface area (Å²) in [6.45, 7) is 2.03. The van der Waals surface area contributed by atoms with Crippen LogP contribution < -0.4 is 5.32 Å². The van der Waals surface area contributed by atoms with Crippen molar-refractivity contribution in [1.82, 2.24) is 20.0 Å². The number of aromatic nitrogens is 2. The van der Waals surface area contributed by atoms with Gasteiger partial charge in [-0.3, -0.25) is 4.79 Å². The van der Waals surface area contributed by atoms with Gasteiger partial charge in [0.15, 0.2) is 0 Å². The average Bonchev–Trinajstić information content (AvgIpc) is 3.02. The normalized spacial score (nSPS) is 19.4. The molecule has 3 rings (SSSR count). The summed E-state index contributed by atoms with van der Waals surface area (Å²) in [6.07, 6.45) is 5.78. The van der Waals surface area contributed by atoms with E-state index in [1.165, 1.54) is 0 Å². The van der Waals surface area contributed by atoms with E-state index in [-0.39, 0.29) is 11.9 Å². The molecule has 1 fully saturated rings. The molecule has 2 heterocycles. The molecule has 1 aliphatic heterocycles. The SMILES string of the molecule is CN1CCC[C@@H](NC(=O)c2cccc(-n3cccn3)c2)C1. The summed E-state index contributed by atoms with van der Waals surface area (Å²) >= 11 is 0. The molecule has 1 saturated heterocycles. The van der Waals surface area contributed by atoms with Crippen LogP contribution in [0, 0.1) is 0 Å². The molecule has 21 heavy (non-hydrogen) atoms. The van der Waals surface area contributed by atoms with E-state index in [0.717, 1.165) is 31.6 Å². The minimum atomic E-state index is -0.00990. The average molecular weight is 284 g/mol. The van der Waals surface area contributed by atoms with Gasteiger partial charge < -0.3 is 10.2 Å². The van der Waals surface area contributed by atoms with Crippen LogP contribution >= 0.6 is 0 Å². The Morgan fingerprint density at radius 1 is 1.38 bits per heavy atom. The van der Waals surface area contributed by atoms with Crippen molar-refractivity contribution in [3.63, 3.8) is 0 Å². The Bertz CT molecular complexity index is 608. The highest BCUT2D eigenvalue weighted by Gasteiger charge is 2.19. The number of hydrogen-bond acceptors (Lipinski definition) is 3. The van der Waals surface area contributed by atoms with Crippen molar-refractivity contribution in [1.29, 1.82) is 0 Å². The number of carbonyl (C=O) groups is 1. The van der Waals surface area contributed by atoms with E-state index in [1.54, 1.807) is 10.9 Å². The van der Waals surface area contributed by atoms with Crippen molar-refractivity contribution in [3.8, 4) is 5.69 Å². The summed E-state index contributed by atoms with van der Waals surface area (Å²) in [4.78, 5) is 14.6. The van der Waals surface area contributed by atoms with Gasteiger partial charge in [0.25, 0.3) is 5.91 Å². The minimum absolute atomic E-state index is 0.00990. The first-order chi connectivity index (χ1) is 10.2. The number of nitrogens with zero attached hydrogens (tertiary/aromatic N) is 3. The van der Waals surface area contributed by atoms with Crippen LogP contribution in [-0.4, -0.2) is 46.8 Å². The zero-order chi connectivity index (χ0) is 14.7. The third kappa shape index (κ3) is 3.31. The first-order valence-corrected chi connectivity index (χ1v) is 7.32. The Kier molecular flexibility index (Phi) is 4.01. The van der Waals surface area contributed by atoms with Crippen molar-refractivity contribution in [2.75, 3.05) is 20.1 Å². The second-order valence-electron chi connectivity index (χ2n) is 5.58. The van der Waals surface area contributed by atoms with Crippen molar-refractivity contribution in [2.24, 2.45) is 0 Å². The monoisotopic (exact) mass is 284 g/mol. The van der Waals surface area contributed by atoms with E-state index in [2.05, 4.69) is 22.4 Å². The van der Waals surface area contributed by atoms with Gasteiger partial charge in [0.1, 0.15) is 0 Å². The van der Waals surface area contributed by atoms with Gasteiger partial charge >= 0.3 is 0 Å². The van der Waals surface area contributed by atoms with Crippen LogP contribution in [0.3, 0.4) is 0 Å². The summed E-state index contributed by atoms with van der Waals surface area (Å²) < 4.78 is 1.76. The molecular weight excluding hydrogens is 264 g/mol. The largest absolute Gasteiger partial charge is 0.348 e. The Balaban J connectivity index is 1.71. The third-order valence-electron chi connectivity index (χ3n) is 3.84. The third-order valence-corrected chi connectivity index (χ3v) is 3.84. The minimum Gasteiger partial charge on any atom is -0.348 e. The molecule has 1 aromatic carbocycles. The molecule has 1 atom stereocenters. The molecule has 0 aliphatic carbocycles. The number of hydrogen-bond donors (Lipinski definition) is 1. The summed E-state index contributed by atoms with van der Waals surface area (Å²) in [5.41, 5.74) is 1.57. The van der Waals surface area contributed by atoms with Gasteiger partial charge in [-0.1, -0.05) is 6.07 Å². The second-order valence-corrected chi connectivity index (χ2v) is 5.58. The molecule has 5 heteroatoms. The topological polar surface area (TPSA) is 50.2 Å². The fraction of sp³-hybridized carbons (Fsp3) is 0.375. The molecule has 110 valence electrons. The number of piperidine rings is 1. The molecule has 0 bridgehead atoms. The number of nitrogens with one attached hydrogen (secondary N) is 1. The Morgan fingerprint density at radius 2 is 2.29 bits per heavy atom. The van der Waals surface area contributed by atoms with Gasteiger partial charge in [0.05, 0.1) is 5.69 Å². The first kappa shape index (κ1) is 13.8. The predicted molar refractivity (Wildman–Crippen MR) is 81.5 cm³/mol. The summed E-state index contributed by atoms with van der Waals surface area (Å²) in [7, 11) is 2.09. The number of likely N-dealkylation sites (tertiary alicyclic amines) is 1. The number of amides is 1. The van der Waals surface area contributed by atoms with E-state index in [0.29, 0.717) is 5.56 Å². The fourth-order valence-electron chi connectivity index (χ4n) is 2.76. The molecule has 0 spiro atoms. The number of rotatable bonds is 3. The molecular formula is C16H20N4O. The Labute approximate surface area is 124 Å². The molecule has 0 radical (unpaired) electrons. The molecule has 5 nitrogen and oxygen atoms in total. The van der Waals surface area contributed by atoms with Gasteiger partial charge in [0.2, 0.25) is 0 Å². The van der Waals surface area contributed by atoms with Gasteiger partial charge in [0, 0.05) is 30.5 Å². The van der Waals surface area contributed by atoms with Crippen LogP contribution in [0.25, 0.3) is 5.69 Å². The van der Waals surface area contributed by atoms with Crippen LogP contribution in [-0.2, 0) is 0 Å². The molecule has 1 N–H and O–H groups in total. The lowest BCUT2D eigenvalue weighted by Gasteiger charge is -2.30. The number of benzene rings is 1. The molecule has 0 saturated carbocycles. The lowest BCUT2D eigenvalue weighted by atomic mass is 10.1. The van der Waals surface area contributed by atoms with Crippen molar-refractivity contribution >= 4 is 5.91 Å². The smallest absolute Gasteiger partial charge is 0.251 e. The van der Waals surface area contributed by atoms with E-state index in [4.69, 9.17) is 0 Å². The van der Waals surface area contributed by atoms with Gasteiger partial charge in [-0.25, -0.2) is 4.68 Å². The highest BCUT2D eigenvalue weighted by atomic mass is 16.1. The maximum atomic E-state index is 12.4. The molecule has 1 aliphatic rings. The van der Waals surface area contributed by atoms with E-state index in [9.17, 15) is 4.79 Å². The Morgan fingerprint density at radius 3 is 3.05 bits per heavy atom. The van der Waals surface area contributed by atoms with Gasteiger partial charge in [-0.15, -0.1) is 0 Å². The molecule has 2 aromatic rings. The van der Waals surface area contributed by atoms with Crippen molar-refractivity contribution < 1.29 is 4.79 Å². The Hall–Kier alpha value is -2.14. The van der Waals surface area contributed by atoms with Crippen molar-refractivity contribution in [2.45, 2.75) is 18.9 Å². The zero-order valence-corrected chi connectivity index (χ0v) is 12.2. The number of likely N-dealkylation sites (N-methyl/N-ethyl adjacent to an activating group) is 1. The molecule has 1 aromatic heterocycles. The summed E-state index contributed by atoms with van der Waals surface area (Å²) in [5, 5.41) is 7.32. The quantitative estimate of drug-likeness (QED) is 0.933. The van der Waals surface area contributed by atoms with Crippen LogP contribution in [0.15, 0.2) is 42.7 Å². The second kappa shape index (κ2) is 6.10. The number of carbonyl (C=O) groups excluding carboxylic acids is 1. The van der Waals surface area contributed by atoms with E-state index in [1.807, 2.05) is 36.5 Å². The van der Waals surface area contributed by atoms with E-state index < -0.39 is 0 Å². The first-order valence-electron chi connectivity index (χ1n) is 7.32. The lowest BCUT2D eigenvalue weighted by Crippen LogP contribution is -2.46. The maximum absolute atomic E-state index is 12.4. The standard InChI is InChI=1S/C16H20N4O/c1-19-9-3-6-14(12-19)18-16(21)13-5-2-7-15(11-13)20-10-4-8-17-20/h2,4-5,7-8,10-11,14H,3,6,9,12H2,1H3,(H,18,21)/t14-/m1/s1. The fourth-order valence-corrected chi connectivity index (χ4v) is 2.76. The zero-order valence-electron chi connectivity index (χ0n) is 12.2. The van der Waals surface area contributed by atoms with Gasteiger partial charge in [-0.05, 0) is 50.7 Å². The van der Waals surface area contributed by atoms with Crippen LogP contribution in [0.1, 0.15) is 23.2 Å². The summed E-state index contributed by atoms with van der Waals surface area (Å²) in [6, 6.07) is 9.65. The maximum Gasteiger partial charge on any atom is 0.251 e. The van der Waals surface area contributed by atoms with Crippen LogP contribution in [0.2, 0.25) is 0 Å². The predicted octanol–water partition coefficient (Wildman–Crippen LogP) is 1.70. The van der Waals surface area contributed by atoms with Crippen LogP contribution in [0.4, 0.5) is 0 Å². The highest BCUT2D eigenvalue weighted by molar-refractivity contribution is 5.94. The lowest BCUT2D eigenvalue weighted by molar-refractivity contribution is 0.0912. The van der Waals surface area contributed by atoms with Crippen molar-refractivity contribution in [3.05, 3.63) is 48.3 Å². The molecule has 1 amide bonds.